The summed E-state index contributed by atoms with van der Waals surface area (Å²) in [6.45, 7) is 5.60. The van der Waals surface area contributed by atoms with Crippen LogP contribution in [0.25, 0.3) is 0 Å². The average Bonchev–Trinajstić information content (AvgIpc) is 2.38. The molecule has 2 atom stereocenters. The lowest BCUT2D eigenvalue weighted by molar-refractivity contribution is 0.253. The average molecular weight is 277 g/mol. The smallest absolute Gasteiger partial charge is 0.123 e. The van der Waals surface area contributed by atoms with Gasteiger partial charge in [-0.15, -0.1) is 0 Å². The summed E-state index contributed by atoms with van der Waals surface area (Å²) in [5.41, 5.74) is 1.09. The summed E-state index contributed by atoms with van der Waals surface area (Å²) in [5.74, 6) is 1.58. The van der Waals surface area contributed by atoms with Crippen molar-refractivity contribution in [3.63, 3.8) is 0 Å². The van der Waals surface area contributed by atoms with Crippen molar-refractivity contribution in [1.29, 1.82) is 0 Å². The van der Waals surface area contributed by atoms with Gasteiger partial charge < -0.3 is 5.32 Å². The Morgan fingerprint density at radius 1 is 1.30 bits per heavy atom. The molecule has 0 radical (unpaired) electrons. The first-order valence-electron chi connectivity index (χ1n) is 8.11. The standard InChI is InChI=1S/C18H28FN/c1-14(2)11-16-6-4-8-18(13-16)20-10-9-15-5-3-7-17(19)12-15/h3,5,7,12,14,16,18,20H,4,6,8-11,13H2,1-2H3. The summed E-state index contributed by atoms with van der Waals surface area (Å²) in [4.78, 5) is 0. The minimum atomic E-state index is -0.128. The Morgan fingerprint density at radius 2 is 2.15 bits per heavy atom. The van der Waals surface area contributed by atoms with Gasteiger partial charge in [-0.3, -0.25) is 0 Å². The fraction of sp³-hybridized carbons (Fsp3) is 0.667. The van der Waals surface area contributed by atoms with Gasteiger partial charge in [0.25, 0.3) is 0 Å². The van der Waals surface area contributed by atoms with E-state index in [-0.39, 0.29) is 5.82 Å². The maximum atomic E-state index is 13.1. The molecule has 1 aliphatic carbocycles. The van der Waals surface area contributed by atoms with E-state index in [1.165, 1.54) is 38.2 Å². The van der Waals surface area contributed by atoms with Crippen molar-refractivity contribution >= 4 is 0 Å². The van der Waals surface area contributed by atoms with Crippen LogP contribution in [-0.2, 0) is 6.42 Å². The van der Waals surface area contributed by atoms with Crippen molar-refractivity contribution in [3.05, 3.63) is 35.6 Å². The summed E-state index contributed by atoms with van der Waals surface area (Å²) in [6, 6.07) is 7.62. The van der Waals surface area contributed by atoms with Crippen LogP contribution in [0, 0.1) is 17.7 Å². The highest BCUT2D eigenvalue weighted by molar-refractivity contribution is 5.16. The van der Waals surface area contributed by atoms with Crippen molar-refractivity contribution in [2.24, 2.45) is 11.8 Å². The molecule has 0 saturated heterocycles. The Morgan fingerprint density at radius 3 is 2.90 bits per heavy atom. The third-order valence-electron chi connectivity index (χ3n) is 4.32. The van der Waals surface area contributed by atoms with Crippen molar-refractivity contribution in [1.82, 2.24) is 5.32 Å². The summed E-state index contributed by atoms with van der Waals surface area (Å²) in [7, 11) is 0. The number of rotatable bonds is 6. The van der Waals surface area contributed by atoms with Crippen LogP contribution < -0.4 is 5.32 Å². The Balaban J connectivity index is 1.71. The van der Waals surface area contributed by atoms with E-state index in [9.17, 15) is 4.39 Å². The van der Waals surface area contributed by atoms with E-state index in [2.05, 4.69) is 19.2 Å². The number of nitrogens with one attached hydrogen (secondary N) is 1. The highest BCUT2D eigenvalue weighted by Crippen LogP contribution is 2.29. The molecule has 1 aliphatic rings. The van der Waals surface area contributed by atoms with Gasteiger partial charge in [-0.05, 0) is 61.8 Å². The van der Waals surface area contributed by atoms with Gasteiger partial charge in [0, 0.05) is 6.04 Å². The SMILES string of the molecule is CC(C)CC1CCCC(NCCc2cccc(F)c2)C1. The predicted octanol–water partition coefficient (Wildman–Crippen LogP) is 4.56. The Labute approximate surface area is 123 Å². The van der Waals surface area contributed by atoms with Gasteiger partial charge in [-0.2, -0.15) is 0 Å². The topological polar surface area (TPSA) is 12.0 Å². The minimum absolute atomic E-state index is 0.128. The summed E-state index contributed by atoms with van der Waals surface area (Å²) >= 11 is 0. The molecule has 1 fully saturated rings. The summed E-state index contributed by atoms with van der Waals surface area (Å²) < 4.78 is 13.1. The zero-order chi connectivity index (χ0) is 14.4. The molecule has 112 valence electrons. The molecule has 1 saturated carbocycles. The molecular weight excluding hydrogens is 249 g/mol. The second-order valence-corrected chi connectivity index (χ2v) is 6.69. The van der Waals surface area contributed by atoms with Crippen molar-refractivity contribution in [3.8, 4) is 0 Å². The molecule has 0 bridgehead atoms. The lowest BCUT2D eigenvalue weighted by Crippen LogP contribution is -2.35. The number of hydrogen-bond acceptors (Lipinski definition) is 1. The van der Waals surface area contributed by atoms with E-state index in [4.69, 9.17) is 0 Å². The zero-order valence-corrected chi connectivity index (χ0v) is 12.9. The molecule has 0 heterocycles. The Kier molecular flexibility index (Phi) is 6.03. The minimum Gasteiger partial charge on any atom is -0.314 e. The third kappa shape index (κ3) is 5.24. The van der Waals surface area contributed by atoms with Crippen LogP contribution in [0.15, 0.2) is 24.3 Å². The van der Waals surface area contributed by atoms with Crippen LogP contribution in [0.4, 0.5) is 4.39 Å². The molecule has 2 unspecified atom stereocenters. The Bertz CT molecular complexity index is 402. The predicted molar refractivity (Wildman–Crippen MR) is 83.3 cm³/mol. The van der Waals surface area contributed by atoms with Crippen molar-refractivity contribution in [2.75, 3.05) is 6.54 Å². The molecule has 0 spiro atoms. The van der Waals surface area contributed by atoms with Crippen LogP contribution in [-0.4, -0.2) is 12.6 Å². The van der Waals surface area contributed by atoms with Gasteiger partial charge in [-0.25, -0.2) is 4.39 Å². The molecule has 1 nitrogen and oxygen atoms in total. The highest BCUT2D eigenvalue weighted by atomic mass is 19.1. The fourth-order valence-corrected chi connectivity index (χ4v) is 3.47. The number of benzene rings is 1. The first-order chi connectivity index (χ1) is 9.63. The third-order valence-corrected chi connectivity index (χ3v) is 4.32. The van der Waals surface area contributed by atoms with Gasteiger partial charge in [-0.1, -0.05) is 38.8 Å². The van der Waals surface area contributed by atoms with E-state index in [1.54, 1.807) is 12.1 Å². The molecular formula is C18H28FN. The van der Waals surface area contributed by atoms with Crippen LogP contribution in [0.5, 0.6) is 0 Å². The van der Waals surface area contributed by atoms with Crippen LogP contribution in [0.3, 0.4) is 0 Å². The second-order valence-electron chi connectivity index (χ2n) is 6.69. The van der Waals surface area contributed by atoms with E-state index in [0.717, 1.165) is 30.4 Å². The first kappa shape index (κ1) is 15.5. The summed E-state index contributed by atoms with van der Waals surface area (Å²) in [6.07, 6.45) is 7.67. The van der Waals surface area contributed by atoms with Crippen LogP contribution in [0.1, 0.15) is 51.5 Å². The van der Waals surface area contributed by atoms with Gasteiger partial charge in [0.2, 0.25) is 0 Å². The Hall–Kier alpha value is -0.890. The van der Waals surface area contributed by atoms with E-state index >= 15 is 0 Å². The van der Waals surface area contributed by atoms with Gasteiger partial charge >= 0.3 is 0 Å². The quantitative estimate of drug-likeness (QED) is 0.803. The normalized spacial score (nSPS) is 23.2. The highest BCUT2D eigenvalue weighted by Gasteiger charge is 2.21. The van der Waals surface area contributed by atoms with Crippen LogP contribution in [0.2, 0.25) is 0 Å². The van der Waals surface area contributed by atoms with Gasteiger partial charge in [0.05, 0.1) is 0 Å². The second kappa shape index (κ2) is 7.78. The van der Waals surface area contributed by atoms with E-state index in [0.29, 0.717) is 6.04 Å². The molecule has 1 aromatic rings. The summed E-state index contributed by atoms with van der Waals surface area (Å²) in [5, 5.41) is 3.67. The van der Waals surface area contributed by atoms with Crippen molar-refractivity contribution < 1.29 is 4.39 Å². The van der Waals surface area contributed by atoms with E-state index < -0.39 is 0 Å². The zero-order valence-electron chi connectivity index (χ0n) is 12.9. The van der Waals surface area contributed by atoms with Gasteiger partial charge in [0.15, 0.2) is 0 Å². The molecule has 0 aromatic heterocycles. The lowest BCUT2D eigenvalue weighted by Gasteiger charge is -2.31. The molecule has 20 heavy (non-hydrogen) atoms. The van der Waals surface area contributed by atoms with Crippen LogP contribution >= 0.6 is 0 Å². The molecule has 2 heteroatoms. The van der Waals surface area contributed by atoms with Gasteiger partial charge in [0.1, 0.15) is 5.82 Å². The largest absolute Gasteiger partial charge is 0.314 e. The van der Waals surface area contributed by atoms with E-state index in [1.807, 2.05) is 6.07 Å². The maximum Gasteiger partial charge on any atom is 0.123 e. The molecule has 1 N–H and O–H groups in total. The molecule has 0 aliphatic heterocycles. The molecule has 2 rings (SSSR count). The number of hydrogen-bond donors (Lipinski definition) is 1. The monoisotopic (exact) mass is 277 g/mol. The maximum absolute atomic E-state index is 13.1. The van der Waals surface area contributed by atoms with Crippen molar-refractivity contribution in [2.45, 2.75) is 58.4 Å². The molecule has 1 aromatic carbocycles. The molecule has 0 amide bonds. The lowest BCUT2D eigenvalue weighted by atomic mass is 9.81. The fourth-order valence-electron chi connectivity index (χ4n) is 3.47. The first-order valence-corrected chi connectivity index (χ1v) is 8.11. The number of halogens is 1.